The van der Waals surface area contributed by atoms with Gasteiger partial charge in [0.2, 0.25) is 0 Å². The van der Waals surface area contributed by atoms with Crippen molar-refractivity contribution in [2.45, 2.75) is 22.7 Å². The Hall–Kier alpha value is -1.58. The average Bonchev–Trinajstić information content (AvgIpc) is 3.15. The first-order valence-corrected chi connectivity index (χ1v) is 12.0. The van der Waals surface area contributed by atoms with Gasteiger partial charge in [-0.05, 0) is 30.8 Å². The van der Waals surface area contributed by atoms with Crippen LogP contribution in [0.3, 0.4) is 0 Å². The minimum Gasteiger partial charge on any atom is -0.598 e. The van der Waals surface area contributed by atoms with Gasteiger partial charge < -0.3 is 14.3 Å². The molecule has 0 spiro atoms. The van der Waals surface area contributed by atoms with E-state index in [0.717, 1.165) is 18.7 Å². The second kappa shape index (κ2) is 9.06. The maximum Gasteiger partial charge on any atom is 0.149 e. The Morgan fingerprint density at radius 3 is 2.62 bits per heavy atom. The minimum absolute atomic E-state index is 0.183. The fourth-order valence-corrected chi connectivity index (χ4v) is 5.23. The fraction of sp³-hybridized carbons (Fsp3) is 0.381. The van der Waals surface area contributed by atoms with Gasteiger partial charge in [0.1, 0.15) is 18.2 Å². The van der Waals surface area contributed by atoms with E-state index in [1.165, 1.54) is 11.0 Å². The van der Waals surface area contributed by atoms with Gasteiger partial charge in [-0.15, -0.1) is 16.5 Å². The summed E-state index contributed by atoms with van der Waals surface area (Å²) in [6, 6.07) is 13.3. The van der Waals surface area contributed by atoms with Crippen LogP contribution >= 0.6 is 11.8 Å². The van der Waals surface area contributed by atoms with Gasteiger partial charge in [-0.1, -0.05) is 29.4 Å². The van der Waals surface area contributed by atoms with Crippen LogP contribution < -0.4 is 4.72 Å². The van der Waals surface area contributed by atoms with Gasteiger partial charge in [0.05, 0.1) is 12.3 Å². The molecule has 1 fully saturated rings. The molecule has 2 aromatic carbocycles. The van der Waals surface area contributed by atoms with E-state index in [1.807, 2.05) is 30.0 Å². The summed E-state index contributed by atoms with van der Waals surface area (Å²) in [6.45, 7) is 2.67. The zero-order valence-electron chi connectivity index (χ0n) is 16.4. The Bertz CT molecular complexity index is 886. The number of hydrogen-bond acceptors (Lipinski definition) is 6. The Morgan fingerprint density at radius 2 is 1.97 bits per heavy atom. The number of halogens is 1. The highest BCUT2D eigenvalue weighted by molar-refractivity contribution is 8.00. The van der Waals surface area contributed by atoms with E-state index in [1.54, 1.807) is 12.3 Å². The third kappa shape index (κ3) is 5.13. The smallest absolute Gasteiger partial charge is 0.149 e. The molecule has 154 valence electrons. The van der Waals surface area contributed by atoms with Crippen LogP contribution in [0.1, 0.15) is 12.0 Å². The van der Waals surface area contributed by atoms with Crippen LogP contribution in [0.5, 0.6) is 0 Å². The molecule has 2 heterocycles. The second-order valence-corrected chi connectivity index (χ2v) is 10.0. The molecule has 1 saturated heterocycles. The normalized spacial score (nSPS) is 20.8. The summed E-state index contributed by atoms with van der Waals surface area (Å²) in [4.78, 5) is 8.87. The van der Waals surface area contributed by atoms with E-state index in [-0.39, 0.29) is 11.9 Å². The van der Waals surface area contributed by atoms with Crippen molar-refractivity contribution >= 4 is 28.8 Å². The maximum absolute atomic E-state index is 14.8. The van der Waals surface area contributed by atoms with Crippen molar-refractivity contribution in [2.75, 3.05) is 32.9 Å². The summed E-state index contributed by atoms with van der Waals surface area (Å²) in [6.07, 6.45) is 1.95. The molecular weight excluding hydrogens is 409 g/mol. The van der Waals surface area contributed by atoms with E-state index >= 15 is 0 Å². The summed E-state index contributed by atoms with van der Waals surface area (Å²) in [5, 5.41) is 4.72. The molecule has 5 nitrogen and oxygen atoms in total. The molecule has 2 aliphatic rings. The molecule has 0 aromatic heterocycles. The SMILES string of the molecule is CN1CC(Sc2ccc(-c3ccc(C4=NOC(CN[S+](C)[O-])C4)cc3F)cc2)C1. The molecule has 4 rings (SSSR count). The van der Waals surface area contributed by atoms with Crippen molar-refractivity contribution in [1.82, 2.24) is 9.62 Å². The number of benzene rings is 2. The molecular formula is C21H24FN3O2S2. The summed E-state index contributed by atoms with van der Waals surface area (Å²) >= 11 is 0.784. The molecule has 0 bridgehead atoms. The number of oxime groups is 1. The van der Waals surface area contributed by atoms with Gasteiger partial charge in [-0.25, -0.2) is 4.39 Å². The molecule has 0 radical (unpaired) electrons. The lowest BCUT2D eigenvalue weighted by molar-refractivity contribution is 0.0891. The van der Waals surface area contributed by atoms with Crippen molar-refractivity contribution in [3.05, 3.63) is 53.8 Å². The van der Waals surface area contributed by atoms with E-state index in [2.05, 4.69) is 34.0 Å². The van der Waals surface area contributed by atoms with E-state index in [4.69, 9.17) is 4.84 Å². The van der Waals surface area contributed by atoms with Crippen molar-refractivity contribution in [1.29, 1.82) is 0 Å². The highest BCUT2D eigenvalue weighted by atomic mass is 32.2. The minimum atomic E-state index is -1.09. The second-order valence-electron chi connectivity index (χ2n) is 7.45. The fourth-order valence-electron chi connectivity index (χ4n) is 3.47. The number of hydrogen-bond donors (Lipinski definition) is 1. The Labute approximate surface area is 178 Å². The van der Waals surface area contributed by atoms with Gasteiger partial charge in [-0.3, -0.25) is 0 Å². The van der Waals surface area contributed by atoms with Crippen molar-refractivity contribution < 1.29 is 13.8 Å². The standard InChI is InChI=1S/C21H24FN3O2S2/c1-25-12-18(13-25)28-17-6-3-14(4-7-17)19-8-5-15(9-20(19)22)21-10-16(27-24-21)11-23-29(2)26/h3-9,16,18,23H,10-13H2,1-2H3. The number of rotatable bonds is 7. The van der Waals surface area contributed by atoms with Crippen LogP contribution in [0.2, 0.25) is 0 Å². The molecule has 2 unspecified atom stereocenters. The first-order valence-electron chi connectivity index (χ1n) is 9.53. The molecule has 2 atom stereocenters. The summed E-state index contributed by atoms with van der Waals surface area (Å²) < 4.78 is 28.7. The molecule has 0 amide bonds. The van der Waals surface area contributed by atoms with Crippen molar-refractivity contribution in [3.63, 3.8) is 0 Å². The highest BCUT2D eigenvalue weighted by Gasteiger charge is 2.25. The van der Waals surface area contributed by atoms with Gasteiger partial charge in [0, 0.05) is 52.1 Å². The van der Waals surface area contributed by atoms with Crippen LogP contribution in [-0.4, -0.2) is 59.5 Å². The lowest BCUT2D eigenvalue weighted by Crippen LogP contribution is -2.45. The predicted octanol–water partition coefficient (Wildman–Crippen LogP) is 3.27. The van der Waals surface area contributed by atoms with Gasteiger partial charge in [-0.2, -0.15) is 0 Å². The molecule has 8 heteroatoms. The number of nitrogens with one attached hydrogen (secondary N) is 1. The zero-order valence-corrected chi connectivity index (χ0v) is 18.1. The Morgan fingerprint density at radius 1 is 1.24 bits per heavy atom. The van der Waals surface area contributed by atoms with Crippen molar-refractivity contribution in [2.24, 2.45) is 5.16 Å². The predicted molar refractivity (Wildman–Crippen MR) is 117 cm³/mol. The first-order chi connectivity index (χ1) is 14.0. The molecule has 2 aromatic rings. The number of likely N-dealkylation sites (tertiary alicyclic amines) is 1. The number of thioether (sulfide) groups is 1. The largest absolute Gasteiger partial charge is 0.598 e. The molecule has 29 heavy (non-hydrogen) atoms. The maximum atomic E-state index is 14.8. The quantitative estimate of drug-likeness (QED) is 0.679. The van der Waals surface area contributed by atoms with E-state index in [9.17, 15) is 8.94 Å². The van der Waals surface area contributed by atoms with Gasteiger partial charge in [0.25, 0.3) is 0 Å². The summed E-state index contributed by atoms with van der Waals surface area (Å²) in [5.41, 5.74) is 2.86. The van der Waals surface area contributed by atoms with Crippen LogP contribution in [0.25, 0.3) is 11.1 Å². The molecule has 1 N–H and O–H groups in total. The van der Waals surface area contributed by atoms with Crippen LogP contribution in [-0.2, 0) is 16.2 Å². The Balaban J connectivity index is 1.40. The van der Waals surface area contributed by atoms with Gasteiger partial charge >= 0.3 is 0 Å². The Kier molecular flexibility index (Phi) is 6.46. The van der Waals surface area contributed by atoms with Crippen LogP contribution in [0, 0.1) is 5.82 Å². The third-order valence-electron chi connectivity index (χ3n) is 5.05. The van der Waals surface area contributed by atoms with Crippen molar-refractivity contribution in [3.8, 4) is 11.1 Å². The summed E-state index contributed by atoms with van der Waals surface area (Å²) in [5.74, 6) is -0.276. The van der Waals surface area contributed by atoms with Crippen LogP contribution in [0.4, 0.5) is 4.39 Å². The van der Waals surface area contributed by atoms with E-state index in [0.29, 0.717) is 35.1 Å². The lowest BCUT2D eigenvalue weighted by Gasteiger charge is -2.35. The molecule has 2 aliphatic heterocycles. The lowest BCUT2D eigenvalue weighted by atomic mass is 9.99. The molecule has 0 saturated carbocycles. The topological polar surface area (TPSA) is 59.9 Å². The van der Waals surface area contributed by atoms with Gasteiger partial charge in [0.15, 0.2) is 0 Å². The molecule has 0 aliphatic carbocycles. The number of nitrogens with zero attached hydrogens (tertiary/aromatic N) is 2. The zero-order chi connectivity index (χ0) is 20.4. The average molecular weight is 434 g/mol. The first kappa shape index (κ1) is 20.7. The van der Waals surface area contributed by atoms with E-state index < -0.39 is 11.4 Å². The van der Waals surface area contributed by atoms with Crippen LogP contribution in [0.15, 0.2) is 52.5 Å². The third-order valence-corrected chi connectivity index (χ3v) is 6.80. The highest BCUT2D eigenvalue weighted by Crippen LogP contribution is 2.32. The monoisotopic (exact) mass is 433 g/mol. The summed E-state index contributed by atoms with van der Waals surface area (Å²) in [7, 11) is 2.13.